The van der Waals surface area contributed by atoms with Crippen LogP contribution in [-0.4, -0.2) is 25.8 Å². The van der Waals surface area contributed by atoms with Gasteiger partial charge in [0.2, 0.25) is 0 Å². The van der Waals surface area contributed by atoms with Crippen molar-refractivity contribution >= 4 is 33.8 Å². The van der Waals surface area contributed by atoms with Gasteiger partial charge in [-0.05, 0) is 25.5 Å². The van der Waals surface area contributed by atoms with Crippen LogP contribution in [-0.2, 0) is 13.2 Å². The minimum absolute atomic E-state index is 0.0452. The lowest BCUT2D eigenvalue weighted by molar-refractivity contribution is -0.140. The Morgan fingerprint density at radius 1 is 1.29 bits per heavy atom. The highest BCUT2D eigenvalue weighted by atomic mass is 32.1. The molecule has 2 heterocycles. The monoisotopic (exact) mass is 411 g/mol. The van der Waals surface area contributed by atoms with Crippen LogP contribution in [0.15, 0.2) is 24.5 Å². The Morgan fingerprint density at radius 3 is 2.68 bits per heavy atom. The number of nitrogens with one attached hydrogen (secondary N) is 2. The highest BCUT2D eigenvalue weighted by molar-refractivity contribution is 7.17. The first-order valence-corrected chi connectivity index (χ1v) is 8.82. The van der Waals surface area contributed by atoms with E-state index in [1.807, 2.05) is 0 Å². The Balaban J connectivity index is 1.80. The number of aromatic nitrogens is 3. The molecular formula is C17H16F3N5O2S. The van der Waals surface area contributed by atoms with Crippen molar-refractivity contribution in [3.05, 3.63) is 46.2 Å². The summed E-state index contributed by atoms with van der Waals surface area (Å²) in [6.07, 6.45) is -2.17. The van der Waals surface area contributed by atoms with Crippen molar-refractivity contribution in [2.75, 3.05) is 10.6 Å². The number of aryl methyl sites for hydroxylation is 2. The largest absolute Gasteiger partial charge is 0.508 e. The molecule has 3 aromatic rings. The Morgan fingerprint density at radius 2 is 2.00 bits per heavy atom. The maximum atomic E-state index is 13.0. The van der Waals surface area contributed by atoms with Crippen LogP contribution in [0.1, 0.15) is 26.5 Å². The van der Waals surface area contributed by atoms with Crippen LogP contribution < -0.4 is 10.6 Å². The van der Waals surface area contributed by atoms with E-state index < -0.39 is 17.8 Å². The lowest BCUT2D eigenvalue weighted by Crippen LogP contribution is -2.12. The molecule has 0 bridgehead atoms. The molecule has 0 unspecified atom stereocenters. The van der Waals surface area contributed by atoms with E-state index in [4.69, 9.17) is 0 Å². The van der Waals surface area contributed by atoms with E-state index in [1.165, 1.54) is 25.5 Å². The van der Waals surface area contributed by atoms with Gasteiger partial charge in [-0.1, -0.05) is 17.4 Å². The fourth-order valence-corrected chi connectivity index (χ4v) is 3.27. The first kappa shape index (κ1) is 19.7. The van der Waals surface area contributed by atoms with Crippen molar-refractivity contribution in [3.63, 3.8) is 0 Å². The van der Waals surface area contributed by atoms with Crippen LogP contribution in [0.4, 0.5) is 29.7 Å². The number of nitrogens with zero attached hydrogens (tertiary/aromatic N) is 3. The summed E-state index contributed by atoms with van der Waals surface area (Å²) in [5.41, 5.74) is 0.427. The molecule has 11 heteroatoms. The molecule has 148 valence electrons. The maximum absolute atomic E-state index is 13.0. The smallest absolute Gasteiger partial charge is 0.437 e. The number of amides is 1. The van der Waals surface area contributed by atoms with Crippen LogP contribution in [0.2, 0.25) is 0 Å². The van der Waals surface area contributed by atoms with Gasteiger partial charge < -0.3 is 15.7 Å². The fourth-order valence-electron chi connectivity index (χ4n) is 2.54. The molecular weight excluding hydrogens is 395 g/mol. The van der Waals surface area contributed by atoms with E-state index in [0.717, 1.165) is 21.6 Å². The molecule has 3 N–H and O–H groups in total. The second-order valence-electron chi connectivity index (χ2n) is 6.07. The number of aromatic hydroxyl groups is 1. The summed E-state index contributed by atoms with van der Waals surface area (Å²) >= 11 is 0.898. The number of halogens is 3. The highest BCUT2D eigenvalue weighted by Gasteiger charge is 2.37. The van der Waals surface area contributed by atoms with Crippen LogP contribution in [0, 0.1) is 13.8 Å². The first-order chi connectivity index (χ1) is 13.1. The number of phenolic OH excluding ortho intramolecular Hbond substituents is 1. The minimum atomic E-state index is -4.62. The normalized spacial score (nSPS) is 11.5. The van der Waals surface area contributed by atoms with E-state index in [1.54, 1.807) is 19.9 Å². The molecule has 1 amide bonds. The average molecular weight is 411 g/mol. The van der Waals surface area contributed by atoms with Gasteiger partial charge >= 0.3 is 6.18 Å². The lowest BCUT2D eigenvalue weighted by atomic mass is 10.1. The van der Waals surface area contributed by atoms with Crippen molar-refractivity contribution in [2.45, 2.75) is 20.0 Å². The number of rotatable bonds is 4. The summed E-state index contributed by atoms with van der Waals surface area (Å²) in [5, 5.41) is 18.6. The summed E-state index contributed by atoms with van der Waals surface area (Å²) < 4.78 is 40.1. The van der Waals surface area contributed by atoms with Crippen LogP contribution in [0.3, 0.4) is 0 Å². The summed E-state index contributed by atoms with van der Waals surface area (Å²) in [5.74, 6) is -0.437. The Hall–Kier alpha value is -3.08. The molecule has 0 fully saturated rings. The summed E-state index contributed by atoms with van der Waals surface area (Å²) in [6.45, 7) is 3.45. The number of thiazole rings is 1. The van der Waals surface area contributed by atoms with Gasteiger partial charge in [-0.25, -0.2) is 4.98 Å². The number of hydrogen-bond acceptors (Lipinski definition) is 6. The lowest BCUT2D eigenvalue weighted by Gasteiger charge is -2.11. The van der Waals surface area contributed by atoms with Gasteiger partial charge in [0.15, 0.2) is 10.8 Å². The third-order valence-corrected chi connectivity index (χ3v) is 4.86. The first-order valence-electron chi connectivity index (χ1n) is 8.00. The quantitative estimate of drug-likeness (QED) is 0.598. The van der Waals surface area contributed by atoms with Crippen molar-refractivity contribution in [2.24, 2.45) is 7.05 Å². The third kappa shape index (κ3) is 3.93. The maximum Gasteiger partial charge on any atom is 0.437 e. The molecule has 3 rings (SSSR count). The third-order valence-electron chi connectivity index (χ3n) is 3.95. The second kappa shape index (κ2) is 7.15. The van der Waals surface area contributed by atoms with Gasteiger partial charge in [0.05, 0.1) is 17.6 Å². The van der Waals surface area contributed by atoms with E-state index in [9.17, 15) is 23.1 Å². The van der Waals surface area contributed by atoms with Gasteiger partial charge in [0.25, 0.3) is 5.91 Å². The molecule has 0 aliphatic rings. The number of anilines is 3. The number of carbonyl (C=O) groups is 1. The summed E-state index contributed by atoms with van der Waals surface area (Å²) in [6, 6.07) is 3.19. The fraction of sp³-hybridized carbons (Fsp3) is 0.235. The van der Waals surface area contributed by atoms with E-state index >= 15 is 0 Å². The Kier molecular flexibility index (Phi) is 5.02. The molecule has 0 radical (unpaired) electrons. The van der Waals surface area contributed by atoms with Crippen molar-refractivity contribution in [3.8, 4) is 5.75 Å². The van der Waals surface area contributed by atoms with Crippen molar-refractivity contribution < 1.29 is 23.1 Å². The number of phenols is 1. The molecule has 2 aromatic heterocycles. The number of alkyl halides is 3. The van der Waals surface area contributed by atoms with E-state index in [-0.39, 0.29) is 21.4 Å². The van der Waals surface area contributed by atoms with E-state index in [2.05, 4.69) is 20.7 Å². The molecule has 0 saturated heterocycles. The summed E-state index contributed by atoms with van der Waals surface area (Å²) in [7, 11) is 1.38. The van der Waals surface area contributed by atoms with Crippen molar-refractivity contribution in [1.29, 1.82) is 0 Å². The standard InChI is InChI=1S/C17H16F3N5O2S/c1-8-4-5-11(26)9(2)13(8)23-15(27)12-6-21-16(28-12)22-10-7-25(3)24-14(10)17(18,19)20/h4-7,26H,1-3H3,(H,21,22)(H,23,27). The van der Waals surface area contributed by atoms with Gasteiger partial charge in [-0.2, -0.15) is 18.3 Å². The predicted molar refractivity (Wildman–Crippen MR) is 99.1 cm³/mol. The molecule has 0 aliphatic carbocycles. The van der Waals surface area contributed by atoms with Gasteiger partial charge in [-0.3, -0.25) is 9.48 Å². The second-order valence-corrected chi connectivity index (χ2v) is 7.10. The van der Waals surface area contributed by atoms with Crippen LogP contribution >= 0.6 is 11.3 Å². The zero-order valence-corrected chi connectivity index (χ0v) is 15.9. The SMILES string of the molecule is Cc1ccc(O)c(C)c1NC(=O)c1cnc(Nc2cn(C)nc2C(F)(F)F)s1. The number of hydrogen-bond donors (Lipinski definition) is 3. The zero-order valence-electron chi connectivity index (χ0n) is 15.0. The van der Waals surface area contributed by atoms with Crippen LogP contribution in [0.25, 0.3) is 0 Å². The molecule has 0 saturated carbocycles. The topological polar surface area (TPSA) is 92.1 Å². The number of benzene rings is 1. The summed E-state index contributed by atoms with van der Waals surface area (Å²) in [4.78, 5) is 16.6. The Bertz CT molecular complexity index is 1040. The molecule has 0 atom stereocenters. The highest BCUT2D eigenvalue weighted by Crippen LogP contribution is 2.35. The van der Waals surface area contributed by atoms with Gasteiger partial charge in [-0.15, -0.1) is 0 Å². The van der Waals surface area contributed by atoms with Crippen LogP contribution in [0.5, 0.6) is 5.75 Å². The van der Waals surface area contributed by atoms with Gasteiger partial charge in [0, 0.05) is 18.8 Å². The Labute approximate surface area is 161 Å². The molecule has 0 aliphatic heterocycles. The van der Waals surface area contributed by atoms with Crippen molar-refractivity contribution in [1.82, 2.24) is 14.8 Å². The minimum Gasteiger partial charge on any atom is -0.508 e. The molecule has 0 spiro atoms. The molecule has 7 nitrogen and oxygen atoms in total. The van der Waals surface area contributed by atoms with E-state index in [0.29, 0.717) is 11.3 Å². The average Bonchev–Trinajstić information content (AvgIpc) is 3.21. The molecule has 1 aromatic carbocycles. The zero-order chi connectivity index (χ0) is 20.6. The number of carbonyl (C=O) groups excluding carboxylic acids is 1. The van der Waals surface area contributed by atoms with Gasteiger partial charge in [0.1, 0.15) is 10.6 Å². The predicted octanol–water partition coefficient (Wildman–Crippen LogP) is 4.21. The molecule has 28 heavy (non-hydrogen) atoms.